The molecule has 0 aromatic carbocycles. The van der Waals surface area contributed by atoms with Crippen molar-refractivity contribution < 1.29 is 14.6 Å². The zero-order valence-corrected chi connectivity index (χ0v) is 7.00. The van der Waals surface area contributed by atoms with Crippen molar-refractivity contribution in [3.8, 4) is 0 Å². The number of hydrogen-bond donors (Lipinski definition) is 1. The van der Waals surface area contributed by atoms with Crippen LogP contribution in [0.1, 0.15) is 20.8 Å². The summed E-state index contributed by atoms with van der Waals surface area (Å²) in [6.45, 7) is 5.28. The molecule has 3 heteroatoms. The summed E-state index contributed by atoms with van der Waals surface area (Å²) in [6.07, 6.45) is -0.864. The highest BCUT2D eigenvalue weighted by Crippen LogP contribution is 2.02. The van der Waals surface area contributed by atoms with Gasteiger partial charge in [-0.1, -0.05) is 0 Å². The quantitative estimate of drug-likeness (QED) is 0.598. The molecule has 0 heterocycles. The molecule has 62 valence electrons. The van der Waals surface area contributed by atoms with Crippen molar-refractivity contribution >= 4 is 0 Å². The highest BCUT2D eigenvalue weighted by molar-refractivity contribution is 4.56. The number of hydrogen-bond acceptors (Lipinski definition) is 3. The molecule has 0 fully saturated rings. The van der Waals surface area contributed by atoms with Crippen molar-refractivity contribution in [2.24, 2.45) is 0 Å². The van der Waals surface area contributed by atoms with Crippen LogP contribution in [0.3, 0.4) is 0 Å². The zero-order valence-electron chi connectivity index (χ0n) is 7.00. The zero-order chi connectivity index (χ0) is 8.15. The SMILES string of the molecule is COC(C)OC(C)C(C)O. The van der Waals surface area contributed by atoms with Gasteiger partial charge in [-0.15, -0.1) is 0 Å². The number of aliphatic hydroxyl groups excluding tert-OH is 1. The molecule has 1 N–H and O–H groups in total. The summed E-state index contributed by atoms with van der Waals surface area (Å²) in [5.74, 6) is 0. The van der Waals surface area contributed by atoms with E-state index in [0.717, 1.165) is 0 Å². The fourth-order valence-corrected chi connectivity index (χ4v) is 0.472. The van der Waals surface area contributed by atoms with Crippen molar-refractivity contribution in [2.75, 3.05) is 7.11 Å². The summed E-state index contributed by atoms with van der Waals surface area (Å²) in [4.78, 5) is 0. The lowest BCUT2D eigenvalue weighted by atomic mass is 10.3. The summed E-state index contributed by atoms with van der Waals surface area (Å²) in [5.41, 5.74) is 0. The molecule has 3 atom stereocenters. The molecule has 0 aromatic rings. The lowest BCUT2D eigenvalue weighted by Crippen LogP contribution is -2.27. The molecule has 0 spiro atoms. The Bertz CT molecular complexity index is 82.9. The lowest BCUT2D eigenvalue weighted by Gasteiger charge is -2.19. The average Bonchev–Trinajstić information content (AvgIpc) is 1.87. The molecular weight excluding hydrogens is 132 g/mol. The predicted octanol–water partition coefficient (Wildman–Crippen LogP) is 0.765. The highest BCUT2D eigenvalue weighted by atomic mass is 16.7. The molecule has 0 aliphatic carbocycles. The number of rotatable bonds is 4. The average molecular weight is 148 g/mol. The van der Waals surface area contributed by atoms with Gasteiger partial charge in [0.05, 0.1) is 12.2 Å². The third kappa shape index (κ3) is 3.82. The summed E-state index contributed by atoms with van der Waals surface area (Å²) in [7, 11) is 1.57. The van der Waals surface area contributed by atoms with Crippen molar-refractivity contribution in [1.82, 2.24) is 0 Å². The molecule has 0 saturated heterocycles. The second-order valence-corrected chi connectivity index (χ2v) is 2.39. The van der Waals surface area contributed by atoms with Gasteiger partial charge in [0.25, 0.3) is 0 Å². The van der Waals surface area contributed by atoms with E-state index in [2.05, 4.69) is 0 Å². The van der Waals surface area contributed by atoms with Crippen LogP contribution in [-0.4, -0.2) is 30.7 Å². The van der Waals surface area contributed by atoms with Crippen LogP contribution in [0.2, 0.25) is 0 Å². The second kappa shape index (κ2) is 4.66. The molecule has 0 rings (SSSR count). The van der Waals surface area contributed by atoms with Crippen LogP contribution in [0.5, 0.6) is 0 Å². The van der Waals surface area contributed by atoms with E-state index in [1.807, 2.05) is 0 Å². The Kier molecular flexibility index (Phi) is 4.60. The van der Waals surface area contributed by atoms with Gasteiger partial charge in [-0.2, -0.15) is 0 Å². The van der Waals surface area contributed by atoms with Gasteiger partial charge in [0.2, 0.25) is 0 Å². The van der Waals surface area contributed by atoms with E-state index in [1.54, 1.807) is 27.9 Å². The maximum absolute atomic E-state index is 8.98. The fourth-order valence-electron chi connectivity index (χ4n) is 0.472. The van der Waals surface area contributed by atoms with Crippen LogP contribution in [0.15, 0.2) is 0 Å². The first-order chi connectivity index (χ1) is 4.57. The molecule has 0 bridgehead atoms. The maximum atomic E-state index is 8.98. The summed E-state index contributed by atoms with van der Waals surface area (Å²) >= 11 is 0. The topological polar surface area (TPSA) is 38.7 Å². The fraction of sp³-hybridized carbons (Fsp3) is 1.00. The first-order valence-electron chi connectivity index (χ1n) is 3.44. The summed E-state index contributed by atoms with van der Waals surface area (Å²) in [6, 6.07) is 0. The van der Waals surface area contributed by atoms with Crippen molar-refractivity contribution in [3.05, 3.63) is 0 Å². The molecule has 3 unspecified atom stereocenters. The first kappa shape index (κ1) is 9.88. The van der Waals surface area contributed by atoms with E-state index in [0.29, 0.717) is 0 Å². The molecule has 0 aliphatic heterocycles. The van der Waals surface area contributed by atoms with E-state index >= 15 is 0 Å². The Hall–Kier alpha value is -0.120. The van der Waals surface area contributed by atoms with Crippen molar-refractivity contribution in [3.63, 3.8) is 0 Å². The minimum Gasteiger partial charge on any atom is -0.391 e. The van der Waals surface area contributed by atoms with Gasteiger partial charge in [0.15, 0.2) is 6.29 Å². The monoisotopic (exact) mass is 148 g/mol. The van der Waals surface area contributed by atoms with Gasteiger partial charge < -0.3 is 14.6 Å². The van der Waals surface area contributed by atoms with Crippen LogP contribution in [0.25, 0.3) is 0 Å². The van der Waals surface area contributed by atoms with E-state index < -0.39 is 6.10 Å². The first-order valence-corrected chi connectivity index (χ1v) is 3.44. The standard InChI is InChI=1S/C7H16O3/c1-5(8)6(2)10-7(3)9-4/h5-8H,1-4H3. The van der Waals surface area contributed by atoms with Crippen LogP contribution >= 0.6 is 0 Å². The molecule has 0 amide bonds. The third-order valence-corrected chi connectivity index (χ3v) is 1.42. The molecule has 3 nitrogen and oxygen atoms in total. The Balaban J connectivity index is 3.46. The van der Waals surface area contributed by atoms with Crippen molar-refractivity contribution in [2.45, 2.75) is 39.3 Å². The Morgan fingerprint density at radius 2 is 1.70 bits per heavy atom. The van der Waals surface area contributed by atoms with Gasteiger partial charge in [0, 0.05) is 7.11 Å². The van der Waals surface area contributed by atoms with Crippen LogP contribution < -0.4 is 0 Å². The number of ether oxygens (including phenoxy) is 2. The van der Waals surface area contributed by atoms with Gasteiger partial charge in [-0.3, -0.25) is 0 Å². The number of methoxy groups -OCH3 is 1. The Morgan fingerprint density at radius 1 is 1.20 bits per heavy atom. The highest BCUT2D eigenvalue weighted by Gasteiger charge is 2.11. The predicted molar refractivity (Wildman–Crippen MR) is 38.7 cm³/mol. The minimum absolute atomic E-state index is 0.171. The lowest BCUT2D eigenvalue weighted by molar-refractivity contribution is -0.161. The number of aliphatic hydroxyl groups is 1. The molecule has 0 aliphatic rings. The van der Waals surface area contributed by atoms with E-state index in [-0.39, 0.29) is 12.4 Å². The summed E-state index contributed by atoms with van der Waals surface area (Å²) in [5, 5.41) is 8.98. The van der Waals surface area contributed by atoms with E-state index in [4.69, 9.17) is 14.6 Å². The van der Waals surface area contributed by atoms with Crippen LogP contribution in [-0.2, 0) is 9.47 Å². The molecule has 0 saturated carbocycles. The maximum Gasteiger partial charge on any atom is 0.154 e. The van der Waals surface area contributed by atoms with Gasteiger partial charge in [-0.05, 0) is 20.8 Å². The second-order valence-electron chi connectivity index (χ2n) is 2.39. The van der Waals surface area contributed by atoms with Crippen molar-refractivity contribution in [1.29, 1.82) is 0 Å². The van der Waals surface area contributed by atoms with Gasteiger partial charge in [-0.25, -0.2) is 0 Å². The van der Waals surface area contributed by atoms with Gasteiger partial charge in [0.1, 0.15) is 0 Å². The molecule has 10 heavy (non-hydrogen) atoms. The molecule has 0 aromatic heterocycles. The third-order valence-electron chi connectivity index (χ3n) is 1.42. The summed E-state index contributed by atoms with van der Waals surface area (Å²) < 4.78 is 10.0. The molecule has 0 radical (unpaired) electrons. The minimum atomic E-state index is -0.447. The van der Waals surface area contributed by atoms with Crippen LogP contribution in [0, 0.1) is 0 Å². The van der Waals surface area contributed by atoms with Crippen LogP contribution in [0.4, 0.5) is 0 Å². The Morgan fingerprint density at radius 3 is 2.00 bits per heavy atom. The normalized spacial score (nSPS) is 20.1. The van der Waals surface area contributed by atoms with E-state index in [1.165, 1.54) is 0 Å². The molecular formula is C7H16O3. The largest absolute Gasteiger partial charge is 0.391 e. The Labute approximate surface area is 62.0 Å². The van der Waals surface area contributed by atoms with E-state index in [9.17, 15) is 0 Å². The smallest absolute Gasteiger partial charge is 0.154 e. The van der Waals surface area contributed by atoms with Gasteiger partial charge >= 0.3 is 0 Å².